The number of nitrogens with two attached hydrogens (primary N) is 1. The molecule has 6 nitrogen and oxygen atoms in total. The minimum atomic E-state index is -0.624. The summed E-state index contributed by atoms with van der Waals surface area (Å²) in [6, 6.07) is 1.61. The molecule has 0 aromatic carbocycles. The van der Waals surface area contributed by atoms with E-state index in [1.165, 1.54) is 4.68 Å². The lowest BCUT2D eigenvalue weighted by atomic mass is 10.5. The predicted molar refractivity (Wildman–Crippen MR) is 62.9 cm³/mol. The van der Waals surface area contributed by atoms with Gasteiger partial charge in [0.1, 0.15) is 11.6 Å². The fraction of sp³-hybridized carbons (Fsp3) is 0.222. The highest BCUT2D eigenvalue weighted by Crippen LogP contribution is 2.21. The summed E-state index contributed by atoms with van der Waals surface area (Å²) in [5.74, 6) is 0.199. The Bertz CT molecular complexity index is 552. The van der Waals surface area contributed by atoms with Crippen LogP contribution in [0.2, 0.25) is 5.28 Å². The zero-order chi connectivity index (χ0) is 12.6. The first-order valence-corrected chi connectivity index (χ1v) is 5.08. The summed E-state index contributed by atoms with van der Waals surface area (Å²) in [4.78, 5) is 9.07. The van der Waals surface area contributed by atoms with Crippen LogP contribution in [0, 0.1) is 5.82 Å². The third-order valence-corrected chi connectivity index (χ3v) is 2.25. The van der Waals surface area contributed by atoms with E-state index in [1.54, 1.807) is 25.1 Å². The maximum Gasteiger partial charge on any atom is 0.224 e. The van der Waals surface area contributed by atoms with Crippen molar-refractivity contribution < 1.29 is 4.39 Å². The van der Waals surface area contributed by atoms with Crippen LogP contribution >= 0.6 is 11.6 Å². The van der Waals surface area contributed by atoms with Gasteiger partial charge in [0.2, 0.25) is 5.28 Å². The fourth-order valence-electron chi connectivity index (χ4n) is 1.35. The van der Waals surface area contributed by atoms with Gasteiger partial charge in [-0.25, -0.2) is 9.37 Å². The van der Waals surface area contributed by atoms with E-state index < -0.39 is 5.82 Å². The molecule has 0 atom stereocenters. The van der Waals surface area contributed by atoms with Crippen molar-refractivity contribution in [3.63, 3.8) is 0 Å². The topological polar surface area (TPSA) is 72.9 Å². The smallest absolute Gasteiger partial charge is 0.224 e. The molecular weight excluding hydrogens is 247 g/mol. The molecule has 2 aromatic rings. The summed E-state index contributed by atoms with van der Waals surface area (Å²) in [5.41, 5.74) is 5.59. The van der Waals surface area contributed by atoms with Gasteiger partial charge in [0, 0.05) is 20.2 Å². The first kappa shape index (κ1) is 11.6. The highest BCUT2D eigenvalue weighted by atomic mass is 35.5. The van der Waals surface area contributed by atoms with Crippen LogP contribution in [0.25, 0.3) is 5.82 Å². The van der Waals surface area contributed by atoms with E-state index >= 15 is 0 Å². The van der Waals surface area contributed by atoms with E-state index in [0.717, 1.165) is 6.20 Å². The number of anilines is 2. The quantitative estimate of drug-likeness (QED) is 0.815. The van der Waals surface area contributed by atoms with E-state index in [2.05, 4.69) is 15.1 Å². The number of hydrogen-bond acceptors (Lipinski definition) is 5. The highest BCUT2D eigenvalue weighted by Gasteiger charge is 2.15. The molecule has 2 N–H and O–H groups in total. The van der Waals surface area contributed by atoms with Gasteiger partial charge >= 0.3 is 0 Å². The van der Waals surface area contributed by atoms with Crippen LogP contribution in [0.5, 0.6) is 0 Å². The molecule has 0 amide bonds. The van der Waals surface area contributed by atoms with E-state index in [-0.39, 0.29) is 16.9 Å². The van der Waals surface area contributed by atoms with Gasteiger partial charge in [-0.3, -0.25) is 0 Å². The van der Waals surface area contributed by atoms with Crippen LogP contribution in [0.1, 0.15) is 0 Å². The van der Waals surface area contributed by atoms with Crippen molar-refractivity contribution >= 4 is 23.2 Å². The molecule has 0 fully saturated rings. The molecule has 0 aliphatic rings. The number of aromatic nitrogens is 4. The summed E-state index contributed by atoms with van der Waals surface area (Å²) in [7, 11) is 3.57. The molecule has 0 spiro atoms. The Morgan fingerprint density at radius 1 is 1.47 bits per heavy atom. The Kier molecular flexibility index (Phi) is 2.84. The van der Waals surface area contributed by atoms with Crippen molar-refractivity contribution in [2.24, 2.45) is 0 Å². The molecule has 0 aliphatic heterocycles. The molecule has 0 saturated heterocycles. The zero-order valence-corrected chi connectivity index (χ0v) is 9.98. The molecule has 17 heavy (non-hydrogen) atoms. The first-order valence-electron chi connectivity index (χ1n) is 4.70. The zero-order valence-electron chi connectivity index (χ0n) is 9.22. The van der Waals surface area contributed by atoms with Gasteiger partial charge in [0.25, 0.3) is 0 Å². The van der Waals surface area contributed by atoms with Gasteiger partial charge in [0.05, 0.1) is 6.20 Å². The molecule has 0 radical (unpaired) electrons. The minimum absolute atomic E-state index is 0.0367. The Labute approximate surface area is 102 Å². The average molecular weight is 257 g/mol. The maximum absolute atomic E-state index is 13.6. The van der Waals surface area contributed by atoms with E-state index in [0.29, 0.717) is 5.82 Å². The van der Waals surface area contributed by atoms with E-state index in [4.69, 9.17) is 17.3 Å². The summed E-state index contributed by atoms with van der Waals surface area (Å²) >= 11 is 5.63. The third kappa shape index (κ3) is 2.14. The number of hydrogen-bond donors (Lipinski definition) is 1. The van der Waals surface area contributed by atoms with Gasteiger partial charge in [-0.1, -0.05) is 0 Å². The van der Waals surface area contributed by atoms with Crippen molar-refractivity contribution in [2.45, 2.75) is 0 Å². The summed E-state index contributed by atoms with van der Waals surface area (Å²) in [6.07, 6.45) is 0.988. The Balaban J connectivity index is 2.63. The first-order chi connectivity index (χ1) is 7.99. The molecule has 90 valence electrons. The molecule has 2 rings (SSSR count). The molecular formula is C9H10ClFN6. The second-order valence-electron chi connectivity index (χ2n) is 3.54. The molecule has 0 saturated carbocycles. The Morgan fingerprint density at radius 3 is 2.82 bits per heavy atom. The lowest BCUT2D eigenvalue weighted by Crippen LogP contribution is -2.16. The lowest BCUT2D eigenvalue weighted by molar-refractivity contribution is 0.593. The standard InChI is InChI=1S/C9H10ClFN6/c1-16(2)7-3-6(12)15-17(7)8-5(11)4-13-9(10)14-8/h3-4H,1-2H3,(H2,12,15). The van der Waals surface area contributed by atoms with Gasteiger partial charge in [-0.05, 0) is 11.6 Å². The van der Waals surface area contributed by atoms with Gasteiger partial charge < -0.3 is 10.6 Å². The van der Waals surface area contributed by atoms with Crippen molar-refractivity contribution in [1.29, 1.82) is 0 Å². The third-order valence-electron chi connectivity index (χ3n) is 2.06. The van der Waals surface area contributed by atoms with Crippen LogP contribution in [-0.4, -0.2) is 33.8 Å². The monoisotopic (exact) mass is 256 g/mol. The number of halogens is 2. The summed E-state index contributed by atoms with van der Waals surface area (Å²) < 4.78 is 14.9. The fourth-order valence-corrected chi connectivity index (χ4v) is 1.48. The van der Waals surface area contributed by atoms with Crippen LogP contribution in [-0.2, 0) is 0 Å². The number of nitrogen functional groups attached to an aromatic ring is 1. The molecule has 0 unspecified atom stereocenters. The highest BCUT2D eigenvalue weighted by molar-refractivity contribution is 6.28. The van der Waals surface area contributed by atoms with Crippen molar-refractivity contribution in [1.82, 2.24) is 19.7 Å². The number of nitrogens with zero attached hydrogens (tertiary/aromatic N) is 5. The Hall–Kier alpha value is -1.89. The SMILES string of the molecule is CN(C)c1cc(N)nn1-c1nc(Cl)ncc1F. The molecule has 2 aromatic heterocycles. The van der Waals surface area contributed by atoms with Crippen LogP contribution in [0.4, 0.5) is 16.0 Å². The maximum atomic E-state index is 13.6. The normalized spacial score (nSPS) is 10.6. The van der Waals surface area contributed by atoms with Crippen molar-refractivity contribution in [2.75, 3.05) is 24.7 Å². The second-order valence-corrected chi connectivity index (χ2v) is 3.88. The second kappa shape index (κ2) is 4.17. The van der Waals surface area contributed by atoms with Crippen LogP contribution in [0.3, 0.4) is 0 Å². The predicted octanol–water partition coefficient (Wildman–Crippen LogP) is 1.10. The van der Waals surface area contributed by atoms with Gasteiger partial charge in [0.15, 0.2) is 11.6 Å². The van der Waals surface area contributed by atoms with Crippen LogP contribution < -0.4 is 10.6 Å². The summed E-state index contributed by atoms with van der Waals surface area (Å²) in [6.45, 7) is 0. The summed E-state index contributed by atoms with van der Waals surface area (Å²) in [5, 5.41) is 3.91. The molecule has 0 bridgehead atoms. The van der Waals surface area contributed by atoms with E-state index in [9.17, 15) is 4.39 Å². The molecule has 0 aliphatic carbocycles. The van der Waals surface area contributed by atoms with Gasteiger partial charge in [-0.2, -0.15) is 9.67 Å². The number of rotatable bonds is 2. The largest absolute Gasteiger partial charge is 0.382 e. The Morgan fingerprint density at radius 2 is 2.18 bits per heavy atom. The van der Waals surface area contributed by atoms with Crippen LogP contribution in [0.15, 0.2) is 12.3 Å². The average Bonchev–Trinajstić information content (AvgIpc) is 2.64. The van der Waals surface area contributed by atoms with Crippen molar-refractivity contribution in [3.8, 4) is 5.82 Å². The van der Waals surface area contributed by atoms with Gasteiger partial charge in [-0.15, -0.1) is 5.10 Å². The van der Waals surface area contributed by atoms with E-state index in [1.807, 2.05) is 0 Å². The molecule has 2 heterocycles. The minimum Gasteiger partial charge on any atom is -0.382 e. The molecule has 8 heteroatoms. The lowest BCUT2D eigenvalue weighted by Gasteiger charge is -2.13. The van der Waals surface area contributed by atoms with Crippen molar-refractivity contribution in [3.05, 3.63) is 23.4 Å².